The van der Waals surface area contributed by atoms with Gasteiger partial charge in [-0.25, -0.2) is 60.9 Å². The molecule has 0 saturated heterocycles. The van der Waals surface area contributed by atoms with E-state index in [1.165, 1.54) is 61.8 Å². The van der Waals surface area contributed by atoms with Crippen LogP contribution >= 0.6 is 0 Å². The Labute approximate surface area is 503 Å². The van der Waals surface area contributed by atoms with E-state index < -0.39 is 114 Å². The van der Waals surface area contributed by atoms with Crippen LogP contribution < -0.4 is 18.3 Å². The van der Waals surface area contributed by atoms with Crippen molar-refractivity contribution in [1.29, 1.82) is 0 Å². The molecule has 0 aliphatic carbocycles. The maximum absolute atomic E-state index is 11.4. The zero-order chi connectivity index (χ0) is 71.3. The van der Waals surface area contributed by atoms with Gasteiger partial charge in [0.25, 0.3) is 45.3 Å². The number of hydrogen-bond acceptors (Lipinski definition) is 25. The van der Waals surface area contributed by atoms with E-state index in [0.717, 1.165) is 31.8 Å². The fourth-order valence-electron chi connectivity index (χ4n) is 5.13. The molecular formula is C35H55F8N10O25S10-. The number of benzene rings is 1. The van der Waals surface area contributed by atoms with Crippen LogP contribution in [0.1, 0.15) is 37.2 Å². The Bertz CT molecular complexity index is 4240. The molecule has 1 N–H and O–H groups in total. The Morgan fingerprint density at radius 1 is 0.545 bits per heavy atom. The van der Waals surface area contributed by atoms with Gasteiger partial charge >= 0.3 is 61.2 Å². The Kier molecular flexibility index (Phi) is 34.9. The molecule has 0 atom stereocenters. The van der Waals surface area contributed by atoms with E-state index >= 15 is 0 Å². The van der Waals surface area contributed by atoms with E-state index in [-0.39, 0.29) is 5.92 Å². The summed E-state index contributed by atoms with van der Waals surface area (Å²) in [6, 6.07) is 7.38. The van der Waals surface area contributed by atoms with Crippen molar-refractivity contribution in [3.8, 4) is 0 Å². The molecule has 5 heterocycles. The molecule has 512 valence electrons. The first-order valence-corrected chi connectivity index (χ1v) is 37.0. The molecule has 5 aromatic heterocycles. The highest BCUT2D eigenvalue weighted by Crippen LogP contribution is 2.21. The van der Waals surface area contributed by atoms with Gasteiger partial charge in [-0.3, -0.25) is 8.76 Å². The van der Waals surface area contributed by atoms with Crippen LogP contribution in [0.4, 0.5) is 34.1 Å². The van der Waals surface area contributed by atoms with E-state index in [4.69, 9.17) is 65.2 Å². The SMILES string of the molecule is CC(C)c1n(S(C)(=O)=O)cc[n+]1C.C[n+]1ccn(S(C)(=O)=O)c1.C[n+]1cn(S(C)(=O)=O)c2ccccc21.Cc1n(S(C)(=O)=O)cc[n+]1C.Cc1nccn1S(C)(=O)=O.O=S(=O)(O)C(F)(F)F.O=S(=O)([O-])C(F)(F)F.O=S(=O)([O-])F.O=S(=O)([O-])F.O=S([O-])[O-]. The second-order valence-electron chi connectivity index (χ2n) is 16.3. The molecule has 0 amide bonds. The van der Waals surface area contributed by atoms with E-state index in [1.807, 2.05) is 50.7 Å². The highest BCUT2D eigenvalue weighted by atomic mass is 32.3. The molecule has 1 aromatic carbocycles. The van der Waals surface area contributed by atoms with Crippen molar-refractivity contribution in [3.05, 3.63) is 104 Å². The normalized spacial score (nSPS) is 12.2. The van der Waals surface area contributed by atoms with E-state index in [0.29, 0.717) is 17.2 Å². The van der Waals surface area contributed by atoms with Crippen LogP contribution in [-0.2, 0) is 131 Å². The van der Waals surface area contributed by atoms with Gasteiger partial charge in [-0.15, -0.1) is 35.0 Å². The average Bonchev–Trinajstić information content (AvgIpc) is 4.11. The fourth-order valence-corrected chi connectivity index (χ4v) is 9.19. The lowest BCUT2D eigenvalue weighted by Gasteiger charge is -2.08. The first kappa shape index (κ1) is 88.9. The van der Waals surface area contributed by atoms with Crippen molar-refractivity contribution in [1.82, 2.24) is 24.8 Å². The number of imidazole rings is 5. The third kappa shape index (κ3) is 38.8. The van der Waals surface area contributed by atoms with Gasteiger partial charge in [-0.2, -0.15) is 68.4 Å². The van der Waals surface area contributed by atoms with Crippen molar-refractivity contribution < 1.29 is 160 Å². The van der Waals surface area contributed by atoms with Gasteiger partial charge in [0.2, 0.25) is 10.0 Å². The molecule has 0 spiro atoms. The first-order chi connectivity index (χ1) is 38.5. The van der Waals surface area contributed by atoms with E-state index in [1.54, 1.807) is 78.8 Å². The fraction of sp³-hybridized carbons (Fsp3) is 0.457. The number of rotatable bonds is 6. The molecule has 0 aliphatic heterocycles. The van der Waals surface area contributed by atoms with Gasteiger partial charge in [-0.1, -0.05) is 26.0 Å². The van der Waals surface area contributed by atoms with Gasteiger partial charge in [-0.05, 0) is 19.1 Å². The Balaban J connectivity index is -0.000000455. The second kappa shape index (κ2) is 34.6. The lowest BCUT2D eigenvalue weighted by atomic mass is 10.2. The number of alkyl halides is 6. The zero-order valence-electron chi connectivity index (χ0n) is 47.0. The van der Waals surface area contributed by atoms with Crippen molar-refractivity contribution in [2.75, 3.05) is 31.3 Å². The minimum Gasteiger partial charge on any atom is -0.784 e. The summed E-state index contributed by atoms with van der Waals surface area (Å²) in [5, 5.41) is 0. The van der Waals surface area contributed by atoms with Crippen LogP contribution in [0, 0.1) is 13.8 Å². The smallest absolute Gasteiger partial charge is 0.522 e. The van der Waals surface area contributed by atoms with Gasteiger partial charge in [0.15, 0.2) is 21.2 Å². The van der Waals surface area contributed by atoms with Gasteiger partial charge in [0, 0.05) is 19.3 Å². The monoisotopic (exact) mass is 1490 g/mol. The van der Waals surface area contributed by atoms with Crippen molar-refractivity contribution in [2.24, 2.45) is 28.2 Å². The third-order valence-electron chi connectivity index (χ3n) is 8.48. The van der Waals surface area contributed by atoms with Crippen LogP contribution in [-0.4, -0.2) is 174 Å². The Morgan fingerprint density at radius 2 is 0.898 bits per heavy atom. The molecule has 0 bridgehead atoms. The molecule has 0 radical (unpaired) electrons. The summed E-state index contributed by atoms with van der Waals surface area (Å²) in [6.45, 7) is 7.33. The number of nitrogens with zero attached hydrogens (tertiary/aromatic N) is 10. The number of fused-ring (bicyclic) bond motifs is 1. The largest absolute Gasteiger partial charge is 0.784 e. The van der Waals surface area contributed by atoms with Crippen molar-refractivity contribution >= 4 is 114 Å². The summed E-state index contributed by atoms with van der Waals surface area (Å²) in [5.74, 6) is 2.17. The predicted octanol–water partition coefficient (Wildman–Crippen LogP) is -2.66. The molecule has 35 nitrogen and oxygen atoms in total. The van der Waals surface area contributed by atoms with E-state index in [2.05, 4.69) is 4.98 Å². The average molecular weight is 1490 g/mol. The van der Waals surface area contributed by atoms with Crippen LogP contribution in [0.5, 0.6) is 0 Å². The van der Waals surface area contributed by atoms with Crippen molar-refractivity contribution in [2.45, 2.75) is 44.6 Å². The van der Waals surface area contributed by atoms with Crippen LogP contribution in [0.3, 0.4) is 0 Å². The summed E-state index contributed by atoms with van der Waals surface area (Å²) in [4.78, 5) is 3.77. The van der Waals surface area contributed by atoms with Gasteiger partial charge in [0.1, 0.15) is 43.0 Å². The maximum Gasteiger partial charge on any atom is 0.522 e. The summed E-state index contributed by atoms with van der Waals surface area (Å²) >= 11 is -3.11. The molecule has 0 aliphatic rings. The lowest BCUT2D eigenvalue weighted by molar-refractivity contribution is -0.679. The van der Waals surface area contributed by atoms with Crippen LogP contribution in [0.15, 0.2) is 86.5 Å². The number of para-hydroxylation sites is 2. The number of halogens is 8. The summed E-state index contributed by atoms with van der Waals surface area (Å²) in [7, 11) is -31.2. The van der Waals surface area contributed by atoms with Gasteiger partial charge in [0.05, 0.1) is 65.4 Å². The first-order valence-electron chi connectivity index (χ1n) is 21.3. The maximum atomic E-state index is 11.4. The molecule has 88 heavy (non-hydrogen) atoms. The lowest BCUT2D eigenvalue weighted by Crippen LogP contribution is -2.34. The topological polar surface area (TPSA) is 513 Å². The number of aryl methyl sites for hydroxylation is 5. The van der Waals surface area contributed by atoms with Crippen LogP contribution in [0.25, 0.3) is 11.0 Å². The zero-order valence-corrected chi connectivity index (χ0v) is 55.1. The molecule has 6 rings (SSSR count). The van der Waals surface area contributed by atoms with E-state index in [9.17, 15) is 76.2 Å². The third-order valence-corrected chi connectivity index (χ3v) is 14.8. The summed E-state index contributed by atoms with van der Waals surface area (Å²) in [6.07, 6.45) is 21.5. The molecule has 0 unspecified atom stereocenters. The Hall–Kier alpha value is -5.57. The molecule has 0 saturated carbocycles. The Morgan fingerprint density at radius 3 is 1.11 bits per heavy atom. The minimum absolute atomic E-state index is 0.190. The molecule has 6 aromatic rings. The minimum atomic E-state index is -6.09. The highest BCUT2D eigenvalue weighted by molar-refractivity contribution is 7.90. The highest BCUT2D eigenvalue weighted by Gasteiger charge is 2.44. The number of hydrogen-bond donors (Lipinski definition) is 1. The number of aromatic nitrogens is 10. The van der Waals surface area contributed by atoms with Crippen LogP contribution in [0.2, 0.25) is 0 Å². The predicted molar refractivity (Wildman–Crippen MR) is 282 cm³/mol. The second-order valence-corrected chi connectivity index (χ2v) is 30.4. The molecular weight excluding hydrogens is 1430 g/mol. The summed E-state index contributed by atoms with van der Waals surface area (Å²) in [5.41, 5.74) is -9.57. The van der Waals surface area contributed by atoms with Gasteiger partial charge < -0.3 is 22.8 Å². The standard InChI is InChI=1S/C9H11N2O2S.C8H15N2O2S.C6H11N2O2S.C5H9N2O2S.C5H8N2O2S.2CHF3O3S.2FHO3S.H2O3S/c1-10-7-11(14(2,12)13)9-6-4-3-5-8(9)10;1-7(2)8-9(3)5-6-10(8)13(4,11)12;1-6-7(2)4-5-8(6)11(3,9)10;1-6-3-4-7(5-6)10(2,8)9;1-5-6-3-4-7(5)10(2,8)9;2*2-1(3,4)8(5,6)7;2*1-5(2,3)4;1-4(2)3/h3-7H,1-2H3;5-7H,1-4H3;4-5H,1-3H3;3-5H,1-2H3;3-4H,1-2H3;2*(H,5,6,7);2*(H,2,3,4);(H2,1,2,3)/q4*+1;;;;;;/p-5. The molecule has 0 fully saturated rings. The summed E-state index contributed by atoms with van der Waals surface area (Å²) < 4.78 is 336. The quantitative estimate of drug-likeness (QED) is 0.0444. The molecule has 53 heteroatoms. The van der Waals surface area contributed by atoms with Crippen molar-refractivity contribution in [3.63, 3.8) is 0 Å².